The van der Waals surface area contributed by atoms with Crippen molar-refractivity contribution in [3.05, 3.63) is 0 Å². The maximum Gasteiger partial charge on any atom is 0.234 e. The molecule has 0 bridgehead atoms. The zero-order valence-electron chi connectivity index (χ0n) is 8.45. The molecule has 74 valence electrons. The Morgan fingerprint density at radius 1 is 1.62 bits per heavy atom. The number of hydrogen-bond donors (Lipinski definition) is 1. The molecular weight excluding hydrogens is 166 g/mol. The summed E-state index contributed by atoms with van der Waals surface area (Å²) in [6.45, 7) is 6.03. The summed E-state index contributed by atoms with van der Waals surface area (Å²) in [4.78, 5) is 12.8. The fourth-order valence-corrected chi connectivity index (χ4v) is 1.33. The molecule has 2 N–H and O–H groups in total. The lowest BCUT2D eigenvalue weighted by Gasteiger charge is -2.29. The van der Waals surface area contributed by atoms with Gasteiger partial charge in [0.05, 0.1) is 18.7 Å². The van der Waals surface area contributed by atoms with Gasteiger partial charge in [0.1, 0.15) is 0 Å². The predicted molar refractivity (Wildman–Crippen MR) is 50.7 cm³/mol. The number of nitrogens with zero attached hydrogens (tertiary/aromatic N) is 2. The van der Waals surface area contributed by atoms with Crippen molar-refractivity contribution in [1.82, 2.24) is 4.90 Å². The van der Waals surface area contributed by atoms with Gasteiger partial charge in [0.2, 0.25) is 5.91 Å². The van der Waals surface area contributed by atoms with Crippen LogP contribution in [0.1, 0.15) is 27.2 Å². The second-order valence-electron chi connectivity index (χ2n) is 3.25. The highest BCUT2D eigenvalue weighted by atomic mass is 16.1. The van der Waals surface area contributed by atoms with Gasteiger partial charge in [-0.1, -0.05) is 6.92 Å². The summed E-state index contributed by atoms with van der Waals surface area (Å²) < 4.78 is 0. The average Bonchev–Trinajstić information content (AvgIpc) is 2.03. The van der Waals surface area contributed by atoms with Crippen LogP contribution in [-0.4, -0.2) is 29.4 Å². The van der Waals surface area contributed by atoms with Crippen molar-refractivity contribution < 1.29 is 4.79 Å². The van der Waals surface area contributed by atoms with Gasteiger partial charge >= 0.3 is 0 Å². The summed E-state index contributed by atoms with van der Waals surface area (Å²) in [5, 5.41) is 8.57. The summed E-state index contributed by atoms with van der Waals surface area (Å²) in [5.41, 5.74) is 5.23. The summed E-state index contributed by atoms with van der Waals surface area (Å²) in [6, 6.07) is 1.88. The summed E-state index contributed by atoms with van der Waals surface area (Å²) in [5.74, 6) is -0.355. The number of amides is 1. The van der Waals surface area contributed by atoms with Crippen LogP contribution in [0.3, 0.4) is 0 Å². The first-order chi connectivity index (χ1) is 6.04. The van der Waals surface area contributed by atoms with E-state index in [4.69, 9.17) is 11.0 Å². The van der Waals surface area contributed by atoms with Crippen molar-refractivity contribution >= 4 is 5.91 Å². The highest BCUT2D eigenvalue weighted by Gasteiger charge is 2.23. The minimum Gasteiger partial charge on any atom is -0.368 e. The first-order valence-electron chi connectivity index (χ1n) is 4.46. The fourth-order valence-electron chi connectivity index (χ4n) is 1.33. The van der Waals surface area contributed by atoms with Gasteiger partial charge in [-0.15, -0.1) is 0 Å². The smallest absolute Gasteiger partial charge is 0.234 e. The van der Waals surface area contributed by atoms with Crippen molar-refractivity contribution in [3.63, 3.8) is 0 Å². The summed E-state index contributed by atoms with van der Waals surface area (Å²) in [6.07, 6.45) is 0.648. The van der Waals surface area contributed by atoms with E-state index >= 15 is 0 Å². The Labute approximate surface area is 79.3 Å². The molecule has 1 atom stereocenters. The molecule has 0 heterocycles. The molecular formula is C9H17N3O. The molecule has 4 nitrogen and oxygen atoms in total. The van der Waals surface area contributed by atoms with E-state index in [-0.39, 0.29) is 24.5 Å². The first kappa shape index (κ1) is 11.9. The van der Waals surface area contributed by atoms with Crippen molar-refractivity contribution in [3.8, 4) is 6.07 Å². The highest BCUT2D eigenvalue weighted by molar-refractivity contribution is 5.79. The van der Waals surface area contributed by atoms with Crippen LogP contribution in [0, 0.1) is 11.3 Å². The Morgan fingerprint density at radius 2 is 2.15 bits per heavy atom. The van der Waals surface area contributed by atoms with E-state index in [0.717, 1.165) is 0 Å². The van der Waals surface area contributed by atoms with E-state index in [9.17, 15) is 4.79 Å². The summed E-state index contributed by atoms with van der Waals surface area (Å²) in [7, 11) is 0. The van der Waals surface area contributed by atoms with Crippen molar-refractivity contribution in [2.45, 2.75) is 39.3 Å². The number of hydrogen-bond acceptors (Lipinski definition) is 3. The molecule has 4 heteroatoms. The molecule has 0 rings (SSSR count). The Hall–Kier alpha value is -1.08. The second-order valence-corrected chi connectivity index (χ2v) is 3.25. The Kier molecular flexibility index (Phi) is 5.09. The Balaban J connectivity index is 4.50. The van der Waals surface area contributed by atoms with Gasteiger partial charge in [-0.25, -0.2) is 0 Å². The normalized spacial score (nSPS) is 12.9. The minimum absolute atomic E-state index is 0.164. The Bertz CT molecular complexity index is 207. The van der Waals surface area contributed by atoms with Crippen LogP contribution in [0.15, 0.2) is 0 Å². The zero-order chi connectivity index (χ0) is 10.4. The first-order valence-corrected chi connectivity index (χ1v) is 4.46. The molecule has 0 fully saturated rings. The lowest BCUT2D eigenvalue weighted by molar-refractivity contribution is -0.123. The van der Waals surface area contributed by atoms with E-state index in [1.807, 2.05) is 31.7 Å². The minimum atomic E-state index is -0.355. The molecule has 13 heavy (non-hydrogen) atoms. The van der Waals surface area contributed by atoms with Crippen LogP contribution >= 0.6 is 0 Å². The third-order valence-electron chi connectivity index (χ3n) is 2.03. The number of carbonyl (C=O) groups excluding carboxylic acids is 1. The van der Waals surface area contributed by atoms with Crippen LogP contribution in [0.4, 0.5) is 0 Å². The molecule has 0 aromatic carbocycles. The molecule has 0 spiro atoms. The third-order valence-corrected chi connectivity index (χ3v) is 2.03. The van der Waals surface area contributed by atoms with E-state index in [1.54, 1.807) is 0 Å². The van der Waals surface area contributed by atoms with Gasteiger partial charge in [0, 0.05) is 6.04 Å². The molecule has 0 saturated carbocycles. The summed E-state index contributed by atoms with van der Waals surface area (Å²) >= 11 is 0. The van der Waals surface area contributed by atoms with Gasteiger partial charge in [-0.3, -0.25) is 9.69 Å². The Morgan fingerprint density at radius 3 is 2.38 bits per heavy atom. The van der Waals surface area contributed by atoms with E-state index in [1.165, 1.54) is 0 Å². The number of carbonyl (C=O) groups is 1. The highest BCUT2D eigenvalue weighted by Crippen LogP contribution is 2.07. The maximum atomic E-state index is 11.0. The molecule has 1 unspecified atom stereocenters. The number of rotatable bonds is 5. The molecule has 0 aromatic heterocycles. The quantitative estimate of drug-likeness (QED) is 0.630. The van der Waals surface area contributed by atoms with E-state index in [0.29, 0.717) is 6.42 Å². The molecule has 0 saturated heterocycles. The predicted octanol–water partition coefficient (Wildman–Crippen LogP) is 0.484. The van der Waals surface area contributed by atoms with Gasteiger partial charge < -0.3 is 5.73 Å². The molecule has 0 aliphatic carbocycles. The zero-order valence-corrected chi connectivity index (χ0v) is 8.45. The van der Waals surface area contributed by atoms with Crippen molar-refractivity contribution in [1.29, 1.82) is 5.26 Å². The van der Waals surface area contributed by atoms with Crippen LogP contribution in [-0.2, 0) is 4.79 Å². The van der Waals surface area contributed by atoms with E-state index in [2.05, 4.69) is 0 Å². The SMILES string of the molecule is CCC(C(N)=O)N(CC#N)C(C)C. The van der Waals surface area contributed by atoms with Crippen LogP contribution in [0.25, 0.3) is 0 Å². The monoisotopic (exact) mass is 183 g/mol. The number of primary amides is 1. The van der Waals surface area contributed by atoms with Crippen LogP contribution < -0.4 is 5.73 Å². The number of nitriles is 1. The lowest BCUT2D eigenvalue weighted by atomic mass is 10.1. The standard InChI is InChI=1S/C9H17N3O/c1-4-8(9(11)13)12(6-5-10)7(2)3/h7-8H,4,6H2,1-3H3,(H2,11,13). The molecule has 0 radical (unpaired) electrons. The van der Waals surface area contributed by atoms with Gasteiger partial charge in [-0.2, -0.15) is 5.26 Å². The van der Waals surface area contributed by atoms with Gasteiger partial charge in [0.15, 0.2) is 0 Å². The topological polar surface area (TPSA) is 70.1 Å². The van der Waals surface area contributed by atoms with Gasteiger partial charge in [-0.05, 0) is 20.3 Å². The second kappa shape index (κ2) is 5.55. The third kappa shape index (κ3) is 3.43. The maximum absolute atomic E-state index is 11.0. The molecule has 0 aliphatic heterocycles. The molecule has 0 aromatic rings. The largest absolute Gasteiger partial charge is 0.368 e. The molecule has 1 amide bonds. The van der Waals surface area contributed by atoms with Crippen LogP contribution in [0.2, 0.25) is 0 Å². The van der Waals surface area contributed by atoms with Crippen molar-refractivity contribution in [2.24, 2.45) is 5.73 Å². The van der Waals surface area contributed by atoms with Crippen molar-refractivity contribution in [2.75, 3.05) is 6.54 Å². The lowest BCUT2D eigenvalue weighted by Crippen LogP contribution is -2.47. The van der Waals surface area contributed by atoms with Crippen LogP contribution in [0.5, 0.6) is 0 Å². The average molecular weight is 183 g/mol. The van der Waals surface area contributed by atoms with Gasteiger partial charge in [0.25, 0.3) is 0 Å². The fraction of sp³-hybridized carbons (Fsp3) is 0.778. The van der Waals surface area contributed by atoms with E-state index < -0.39 is 0 Å². The number of nitrogens with two attached hydrogens (primary N) is 1. The molecule has 0 aliphatic rings.